The molecule has 1 amide bonds. The second-order valence-corrected chi connectivity index (χ2v) is 7.21. The Morgan fingerprint density at radius 2 is 2.00 bits per heavy atom. The number of benzene rings is 1. The summed E-state index contributed by atoms with van der Waals surface area (Å²) in [6.45, 7) is 4.43. The lowest BCUT2D eigenvalue weighted by Crippen LogP contribution is -2.09. The van der Waals surface area contributed by atoms with E-state index < -0.39 is 0 Å². The van der Waals surface area contributed by atoms with Crippen molar-refractivity contribution in [3.05, 3.63) is 57.6 Å². The third-order valence-electron chi connectivity index (χ3n) is 3.86. The molecule has 23 heavy (non-hydrogen) atoms. The summed E-state index contributed by atoms with van der Waals surface area (Å²) in [5.41, 5.74) is 3.31. The summed E-state index contributed by atoms with van der Waals surface area (Å²) in [6, 6.07) is 12.2. The Bertz CT molecular complexity index is 776. The van der Waals surface area contributed by atoms with E-state index in [0.29, 0.717) is 15.9 Å². The smallest absolute Gasteiger partial charge is 0.267 e. The van der Waals surface area contributed by atoms with E-state index >= 15 is 0 Å². The van der Waals surface area contributed by atoms with Gasteiger partial charge >= 0.3 is 0 Å². The van der Waals surface area contributed by atoms with Crippen molar-refractivity contribution in [2.24, 2.45) is 0 Å². The van der Waals surface area contributed by atoms with Crippen LogP contribution in [0.4, 0.5) is 5.13 Å². The predicted molar refractivity (Wildman–Crippen MR) is 98.5 cm³/mol. The average Bonchev–Trinajstić information content (AvgIpc) is 3.26. The van der Waals surface area contributed by atoms with Gasteiger partial charge in [0.25, 0.3) is 5.91 Å². The first-order valence-corrected chi connectivity index (χ1v) is 9.34. The van der Waals surface area contributed by atoms with Crippen molar-refractivity contribution in [2.45, 2.75) is 26.2 Å². The maximum atomic E-state index is 12.0. The molecule has 118 valence electrons. The van der Waals surface area contributed by atoms with Gasteiger partial charge in [0.2, 0.25) is 0 Å². The summed E-state index contributed by atoms with van der Waals surface area (Å²) in [5.74, 6) is 0.466. The molecule has 1 N–H and O–H groups in total. The van der Waals surface area contributed by atoms with Crippen LogP contribution >= 0.6 is 22.7 Å². The average molecular weight is 342 g/mol. The van der Waals surface area contributed by atoms with Crippen molar-refractivity contribution in [2.75, 3.05) is 5.32 Å². The zero-order chi connectivity index (χ0) is 16.2. The Kier molecular flexibility index (Phi) is 4.88. The number of carbonyl (C=O) groups is 1. The normalized spacial score (nSPS) is 12.1. The maximum absolute atomic E-state index is 12.0. The Balaban J connectivity index is 1.73. The molecule has 0 aliphatic rings. The number of aromatic nitrogens is 1. The third kappa shape index (κ3) is 3.68. The van der Waals surface area contributed by atoms with E-state index in [1.54, 1.807) is 0 Å². The molecule has 1 atom stereocenters. The topological polar surface area (TPSA) is 42.0 Å². The highest BCUT2D eigenvalue weighted by molar-refractivity contribution is 7.14. The van der Waals surface area contributed by atoms with E-state index in [2.05, 4.69) is 48.4 Å². The van der Waals surface area contributed by atoms with Crippen LogP contribution in [0.15, 0.2) is 47.2 Å². The number of rotatable bonds is 5. The molecule has 0 spiro atoms. The van der Waals surface area contributed by atoms with Crippen molar-refractivity contribution in [3.63, 3.8) is 0 Å². The SMILES string of the molecule is CCC(C)c1ccc(-c2csc(NC(=O)c3cccs3)n2)cc1. The highest BCUT2D eigenvalue weighted by Gasteiger charge is 2.11. The van der Waals surface area contributed by atoms with E-state index in [1.807, 2.05) is 22.9 Å². The second-order valence-electron chi connectivity index (χ2n) is 5.40. The van der Waals surface area contributed by atoms with Crippen LogP contribution in [0.5, 0.6) is 0 Å². The van der Waals surface area contributed by atoms with Crippen molar-refractivity contribution in [1.29, 1.82) is 0 Å². The van der Waals surface area contributed by atoms with Crippen LogP contribution in [0.2, 0.25) is 0 Å². The number of thiophene rings is 1. The molecule has 0 bridgehead atoms. The molecule has 2 aromatic heterocycles. The standard InChI is InChI=1S/C18H18N2OS2/c1-3-12(2)13-6-8-14(9-7-13)15-11-23-18(19-15)20-17(21)16-5-4-10-22-16/h4-12H,3H2,1-2H3,(H,19,20,21). The van der Waals surface area contributed by atoms with Crippen LogP contribution < -0.4 is 5.32 Å². The van der Waals surface area contributed by atoms with Gasteiger partial charge in [-0.25, -0.2) is 4.98 Å². The molecule has 5 heteroatoms. The van der Waals surface area contributed by atoms with Gasteiger partial charge in [0.05, 0.1) is 10.6 Å². The lowest BCUT2D eigenvalue weighted by Gasteiger charge is -2.08. The largest absolute Gasteiger partial charge is 0.297 e. The van der Waals surface area contributed by atoms with Crippen LogP contribution in [-0.4, -0.2) is 10.9 Å². The molecule has 0 radical (unpaired) electrons. The quantitative estimate of drug-likeness (QED) is 0.652. The summed E-state index contributed by atoms with van der Waals surface area (Å²) < 4.78 is 0. The van der Waals surface area contributed by atoms with Crippen LogP contribution in [0.1, 0.15) is 41.4 Å². The maximum Gasteiger partial charge on any atom is 0.267 e. The molecule has 0 aliphatic heterocycles. The van der Waals surface area contributed by atoms with E-state index in [4.69, 9.17) is 0 Å². The van der Waals surface area contributed by atoms with Crippen molar-refractivity contribution in [1.82, 2.24) is 4.98 Å². The number of anilines is 1. The van der Waals surface area contributed by atoms with Gasteiger partial charge in [-0.1, -0.05) is 44.2 Å². The van der Waals surface area contributed by atoms with Crippen molar-refractivity contribution < 1.29 is 4.79 Å². The molecule has 0 saturated heterocycles. The van der Waals surface area contributed by atoms with Gasteiger partial charge in [0.1, 0.15) is 0 Å². The zero-order valence-electron chi connectivity index (χ0n) is 13.1. The number of nitrogens with one attached hydrogen (secondary N) is 1. The van der Waals surface area contributed by atoms with Crippen molar-refractivity contribution in [3.8, 4) is 11.3 Å². The second kappa shape index (κ2) is 7.06. The van der Waals surface area contributed by atoms with Gasteiger partial charge in [0.15, 0.2) is 5.13 Å². The highest BCUT2D eigenvalue weighted by atomic mass is 32.1. The summed E-state index contributed by atoms with van der Waals surface area (Å²) in [7, 11) is 0. The van der Waals surface area contributed by atoms with Gasteiger partial charge in [0, 0.05) is 10.9 Å². The number of carbonyl (C=O) groups excluding carboxylic acids is 1. The predicted octanol–water partition coefficient (Wildman–Crippen LogP) is 5.64. The molecule has 3 rings (SSSR count). The van der Waals surface area contributed by atoms with Gasteiger partial charge in [-0.2, -0.15) is 0 Å². The van der Waals surface area contributed by atoms with Gasteiger partial charge in [-0.05, 0) is 29.3 Å². The summed E-state index contributed by atoms with van der Waals surface area (Å²) in [5, 5.41) is 7.35. The van der Waals surface area contributed by atoms with Crippen molar-refractivity contribution >= 4 is 33.7 Å². The first-order chi connectivity index (χ1) is 11.2. The number of hydrogen-bond donors (Lipinski definition) is 1. The number of nitrogens with zero attached hydrogens (tertiary/aromatic N) is 1. The third-order valence-corrected chi connectivity index (χ3v) is 5.48. The molecule has 0 saturated carbocycles. The fraction of sp³-hybridized carbons (Fsp3) is 0.222. The molecule has 0 fully saturated rings. The molecule has 1 unspecified atom stereocenters. The fourth-order valence-electron chi connectivity index (χ4n) is 2.25. The van der Waals surface area contributed by atoms with Crippen LogP contribution in [0.25, 0.3) is 11.3 Å². The van der Waals surface area contributed by atoms with E-state index in [1.165, 1.54) is 28.2 Å². The summed E-state index contributed by atoms with van der Waals surface area (Å²) >= 11 is 2.87. The number of thiazole rings is 1. The van der Waals surface area contributed by atoms with Crippen LogP contribution in [0.3, 0.4) is 0 Å². The first-order valence-electron chi connectivity index (χ1n) is 7.58. The lowest BCUT2D eigenvalue weighted by atomic mass is 9.97. The monoisotopic (exact) mass is 342 g/mol. The fourth-order valence-corrected chi connectivity index (χ4v) is 3.58. The first kappa shape index (κ1) is 15.9. The molecule has 3 nitrogen and oxygen atoms in total. The number of hydrogen-bond acceptors (Lipinski definition) is 4. The Hall–Kier alpha value is -1.98. The minimum absolute atomic E-state index is 0.104. The molecule has 1 aromatic carbocycles. The van der Waals surface area contributed by atoms with E-state index in [9.17, 15) is 4.79 Å². The highest BCUT2D eigenvalue weighted by Crippen LogP contribution is 2.27. The van der Waals surface area contributed by atoms with Gasteiger partial charge in [-0.15, -0.1) is 22.7 Å². The minimum Gasteiger partial charge on any atom is -0.297 e. The summed E-state index contributed by atoms with van der Waals surface area (Å²) in [6.07, 6.45) is 1.13. The Labute approximate surface area is 144 Å². The van der Waals surface area contributed by atoms with Gasteiger partial charge in [-0.3, -0.25) is 10.1 Å². The molecular formula is C18H18N2OS2. The van der Waals surface area contributed by atoms with Crippen LogP contribution in [0, 0.1) is 0 Å². The van der Waals surface area contributed by atoms with E-state index in [0.717, 1.165) is 17.7 Å². The Morgan fingerprint density at radius 1 is 1.22 bits per heavy atom. The van der Waals surface area contributed by atoms with Crippen LogP contribution in [-0.2, 0) is 0 Å². The van der Waals surface area contributed by atoms with E-state index in [-0.39, 0.29) is 5.91 Å². The molecule has 0 aliphatic carbocycles. The zero-order valence-corrected chi connectivity index (χ0v) is 14.7. The lowest BCUT2D eigenvalue weighted by molar-refractivity contribution is 0.103. The number of amides is 1. The minimum atomic E-state index is -0.104. The Morgan fingerprint density at radius 3 is 2.65 bits per heavy atom. The van der Waals surface area contributed by atoms with Gasteiger partial charge < -0.3 is 0 Å². The molecule has 3 aromatic rings. The molecule has 2 heterocycles. The summed E-state index contributed by atoms with van der Waals surface area (Å²) in [4.78, 5) is 17.2. The molecular weight excluding hydrogens is 324 g/mol.